The van der Waals surface area contributed by atoms with E-state index in [0.29, 0.717) is 23.8 Å². The van der Waals surface area contributed by atoms with Gasteiger partial charge < -0.3 is 10.2 Å². The fourth-order valence-electron chi connectivity index (χ4n) is 4.18. The maximum atomic E-state index is 13.7. The van der Waals surface area contributed by atoms with E-state index in [1.54, 1.807) is 40.0 Å². The molecule has 172 valence electrons. The normalized spacial score (nSPS) is 17.5. The number of nitrogens with zero attached hydrogens (tertiary/aromatic N) is 3. The van der Waals surface area contributed by atoms with Crippen molar-refractivity contribution in [2.75, 3.05) is 0 Å². The Kier molecular flexibility index (Phi) is 5.98. The Morgan fingerprint density at radius 2 is 1.85 bits per heavy atom. The van der Waals surface area contributed by atoms with Gasteiger partial charge in [-0.2, -0.15) is 5.10 Å². The molecule has 2 aromatic carbocycles. The average molecular weight is 491 g/mol. The van der Waals surface area contributed by atoms with E-state index in [1.165, 1.54) is 0 Å². The van der Waals surface area contributed by atoms with Crippen LogP contribution in [0.1, 0.15) is 28.5 Å². The minimum absolute atomic E-state index is 0.213. The smallest absolute Gasteiger partial charge is 0.273 e. The number of carbonyl (C=O) groups excluding carboxylic acids is 2. The molecule has 0 saturated heterocycles. The van der Waals surface area contributed by atoms with Crippen molar-refractivity contribution in [2.24, 2.45) is 0 Å². The maximum Gasteiger partial charge on any atom is 0.273 e. The molecule has 2 amide bonds. The number of fused-ring (bicyclic) bond motifs is 1. The molecule has 0 aliphatic carbocycles. The fraction of sp³-hybridized carbons (Fsp3) is 0.192. The molecular formula is C26H23ClN4O2S. The SMILES string of the molecule is CC1(C(=O)NCc2ccc(Cl)cc2)Cn2nc(-c3cccs3)cc2C(=O)N1Cc1ccccc1. The second-order valence-corrected chi connectivity index (χ2v) is 9.89. The molecule has 0 saturated carbocycles. The first-order valence-electron chi connectivity index (χ1n) is 10.9. The Bertz CT molecular complexity index is 1320. The first kappa shape index (κ1) is 22.4. The Labute approximate surface area is 206 Å². The quantitative estimate of drug-likeness (QED) is 0.413. The van der Waals surface area contributed by atoms with E-state index < -0.39 is 5.54 Å². The van der Waals surface area contributed by atoms with E-state index in [0.717, 1.165) is 21.7 Å². The fourth-order valence-corrected chi connectivity index (χ4v) is 4.98. The van der Waals surface area contributed by atoms with Crippen LogP contribution in [0.4, 0.5) is 0 Å². The second-order valence-electron chi connectivity index (χ2n) is 8.51. The van der Waals surface area contributed by atoms with Gasteiger partial charge in [0.1, 0.15) is 16.9 Å². The lowest BCUT2D eigenvalue weighted by molar-refractivity contribution is -0.133. The standard InChI is InChI=1S/C26H23ClN4O2S/c1-26(25(33)28-15-18-9-11-20(27)12-10-18)17-31-22(14-21(29-31)23-8-5-13-34-23)24(32)30(26)16-19-6-3-2-4-7-19/h2-14H,15-17H2,1H3,(H,28,33). The number of nitrogens with one attached hydrogen (secondary N) is 1. The third kappa shape index (κ3) is 4.24. The van der Waals surface area contributed by atoms with Gasteiger partial charge in [0.25, 0.3) is 5.91 Å². The van der Waals surface area contributed by atoms with Crippen LogP contribution in [0.5, 0.6) is 0 Å². The molecule has 3 heterocycles. The summed E-state index contributed by atoms with van der Waals surface area (Å²) in [5, 5.41) is 10.3. The van der Waals surface area contributed by atoms with Crippen molar-refractivity contribution in [1.29, 1.82) is 0 Å². The lowest BCUT2D eigenvalue weighted by Crippen LogP contribution is -2.63. The molecule has 1 aliphatic heterocycles. The molecule has 0 spiro atoms. The van der Waals surface area contributed by atoms with Crippen LogP contribution in [0, 0.1) is 0 Å². The summed E-state index contributed by atoms with van der Waals surface area (Å²) < 4.78 is 1.67. The summed E-state index contributed by atoms with van der Waals surface area (Å²) in [6.45, 7) is 2.73. The molecule has 0 radical (unpaired) electrons. The summed E-state index contributed by atoms with van der Waals surface area (Å²) in [6.07, 6.45) is 0. The van der Waals surface area contributed by atoms with E-state index in [1.807, 2.05) is 66.0 Å². The predicted molar refractivity (Wildman–Crippen MR) is 134 cm³/mol. The van der Waals surface area contributed by atoms with Crippen LogP contribution in [-0.4, -0.2) is 32.0 Å². The molecule has 2 aromatic heterocycles. The third-order valence-electron chi connectivity index (χ3n) is 6.11. The molecule has 5 rings (SSSR count). The topological polar surface area (TPSA) is 67.2 Å². The minimum atomic E-state index is -1.12. The minimum Gasteiger partial charge on any atom is -0.350 e. The van der Waals surface area contributed by atoms with Gasteiger partial charge in [-0.15, -0.1) is 11.3 Å². The Morgan fingerprint density at radius 1 is 1.09 bits per heavy atom. The molecule has 0 bridgehead atoms. The lowest BCUT2D eigenvalue weighted by Gasteiger charge is -2.43. The van der Waals surface area contributed by atoms with Crippen LogP contribution in [-0.2, 0) is 24.4 Å². The molecular weight excluding hydrogens is 468 g/mol. The summed E-state index contributed by atoms with van der Waals surface area (Å²) in [7, 11) is 0. The molecule has 1 atom stereocenters. The molecule has 4 aromatic rings. The molecule has 34 heavy (non-hydrogen) atoms. The van der Waals surface area contributed by atoms with Gasteiger partial charge in [0.2, 0.25) is 5.91 Å². The number of thiophene rings is 1. The van der Waals surface area contributed by atoms with Crippen LogP contribution >= 0.6 is 22.9 Å². The summed E-state index contributed by atoms with van der Waals surface area (Å²) in [6, 6.07) is 22.8. The number of carbonyl (C=O) groups is 2. The number of hydrogen-bond donors (Lipinski definition) is 1. The highest BCUT2D eigenvalue weighted by Gasteiger charge is 2.48. The zero-order valence-electron chi connectivity index (χ0n) is 18.6. The van der Waals surface area contributed by atoms with Gasteiger partial charge in [-0.05, 0) is 47.7 Å². The molecule has 0 fully saturated rings. The Balaban J connectivity index is 1.47. The van der Waals surface area contributed by atoms with Crippen LogP contribution in [0.2, 0.25) is 5.02 Å². The summed E-state index contributed by atoms with van der Waals surface area (Å²) in [5.74, 6) is -0.444. The summed E-state index contributed by atoms with van der Waals surface area (Å²) in [5.41, 5.74) is 1.99. The third-order valence-corrected chi connectivity index (χ3v) is 7.25. The zero-order valence-corrected chi connectivity index (χ0v) is 20.1. The van der Waals surface area contributed by atoms with Gasteiger partial charge in [0, 0.05) is 18.1 Å². The van der Waals surface area contributed by atoms with E-state index in [4.69, 9.17) is 11.6 Å². The Hall–Kier alpha value is -3.42. The van der Waals surface area contributed by atoms with Crippen molar-refractivity contribution < 1.29 is 9.59 Å². The maximum absolute atomic E-state index is 13.7. The van der Waals surface area contributed by atoms with E-state index in [-0.39, 0.29) is 18.4 Å². The predicted octanol–water partition coefficient (Wildman–Crippen LogP) is 5.00. The van der Waals surface area contributed by atoms with Crippen molar-refractivity contribution >= 4 is 34.8 Å². The van der Waals surface area contributed by atoms with Crippen molar-refractivity contribution in [3.8, 4) is 10.6 Å². The van der Waals surface area contributed by atoms with Gasteiger partial charge >= 0.3 is 0 Å². The first-order chi connectivity index (χ1) is 16.4. The highest BCUT2D eigenvalue weighted by Crippen LogP contribution is 2.32. The first-order valence-corrected chi connectivity index (χ1v) is 12.2. The number of halogens is 1. The van der Waals surface area contributed by atoms with Crippen molar-refractivity contribution in [3.63, 3.8) is 0 Å². The number of hydrogen-bond acceptors (Lipinski definition) is 4. The molecule has 8 heteroatoms. The monoisotopic (exact) mass is 490 g/mol. The van der Waals surface area contributed by atoms with Gasteiger partial charge in [-0.3, -0.25) is 14.3 Å². The summed E-state index contributed by atoms with van der Waals surface area (Å²) in [4.78, 5) is 29.9. The van der Waals surface area contributed by atoms with Gasteiger partial charge in [0.15, 0.2) is 0 Å². The lowest BCUT2D eigenvalue weighted by atomic mass is 9.94. The highest BCUT2D eigenvalue weighted by atomic mass is 35.5. The molecule has 1 aliphatic rings. The van der Waals surface area contributed by atoms with Gasteiger partial charge in [-0.25, -0.2) is 0 Å². The van der Waals surface area contributed by atoms with E-state index >= 15 is 0 Å². The van der Waals surface area contributed by atoms with Crippen LogP contribution < -0.4 is 5.32 Å². The van der Waals surface area contributed by atoms with Crippen LogP contribution in [0.15, 0.2) is 78.2 Å². The van der Waals surface area contributed by atoms with Crippen molar-refractivity contribution in [1.82, 2.24) is 20.0 Å². The van der Waals surface area contributed by atoms with Gasteiger partial charge in [-0.1, -0.05) is 60.1 Å². The highest BCUT2D eigenvalue weighted by molar-refractivity contribution is 7.13. The van der Waals surface area contributed by atoms with Crippen molar-refractivity contribution in [3.05, 3.63) is 100 Å². The summed E-state index contributed by atoms with van der Waals surface area (Å²) >= 11 is 7.54. The van der Waals surface area contributed by atoms with E-state index in [9.17, 15) is 9.59 Å². The van der Waals surface area contributed by atoms with Crippen molar-refractivity contribution in [2.45, 2.75) is 32.1 Å². The largest absolute Gasteiger partial charge is 0.350 e. The number of aromatic nitrogens is 2. The van der Waals surface area contributed by atoms with E-state index in [2.05, 4.69) is 10.4 Å². The number of benzene rings is 2. The molecule has 1 unspecified atom stereocenters. The van der Waals surface area contributed by atoms with Crippen LogP contribution in [0.25, 0.3) is 10.6 Å². The zero-order chi connectivity index (χ0) is 23.7. The second kappa shape index (κ2) is 9.08. The molecule has 1 N–H and O–H groups in total. The van der Waals surface area contributed by atoms with Crippen LogP contribution in [0.3, 0.4) is 0 Å². The average Bonchev–Trinajstić information content (AvgIpc) is 3.52. The Morgan fingerprint density at radius 3 is 2.56 bits per heavy atom. The number of amides is 2. The molecule has 6 nitrogen and oxygen atoms in total. The van der Waals surface area contributed by atoms with Gasteiger partial charge in [0.05, 0.1) is 11.4 Å². The number of rotatable bonds is 6.